The Morgan fingerprint density at radius 2 is 1.85 bits per heavy atom. The second-order valence-corrected chi connectivity index (χ2v) is 7.98. The van der Waals surface area contributed by atoms with Crippen LogP contribution in [0.15, 0.2) is 61.3 Å². The van der Waals surface area contributed by atoms with E-state index in [0.717, 1.165) is 16.0 Å². The van der Waals surface area contributed by atoms with Crippen LogP contribution in [-0.2, 0) is 17.8 Å². The topological polar surface area (TPSA) is 67.9 Å². The maximum Gasteiger partial charge on any atom is 0.329 e. The third-order valence-corrected chi connectivity index (χ3v) is 5.51. The van der Waals surface area contributed by atoms with Gasteiger partial charge in [-0.1, -0.05) is 41.4 Å². The molecule has 1 aliphatic rings. The zero-order valence-electron chi connectivity index (χ0n) is 18.2. The molecule has 1 heterocycles. The van der Waals surface area contributed by atoms with Crippen molar-refractivity contribution in [3.8, 4) is 11.5 Å². The molecule has 1 N–H and O–H groups in total. The highest BCUT2D eigenvalue weighted by atomic mass is 35.5. The molecule has 0 atom stereocenters. The molecular formula is C25H24Cl2N2O4. The van der Waals surface area contributed by atoms with Gasteiger partial charge in [-0.2, -0.15) is 0 Å². The Bertz CT molecular complexity index is 1130. The highest BCUT2D eigenvalue weighted by molar-refractivity contribution is 6.42. The Kier molecular flexibility index (Phi) is 8.20. The molecule has 172 valence electrons. The number of imide groups is 1. The lowest BCUT2D eigenvalue weighted by Crippen LogP contribution is -2.30. The number of urea groups is 1. The fraction of sp³-hybridized carbons (Fsp3) is 0.200. The van der Waals surface area contributed by atoms with Gasteiger partial charge in [-0.05, 0) is 54.8 Å². The van der Waals surface area contributed by atoms with Gasteiger partial charge in [0.2, 0.25) is 0 Å². The summed E-state index contributed by atoms with van der Waals surface area (Å²) in [5, 5.41) is 3.52. The smallest absolute Gasteiger partial charge is 0.329 e. The molecule has 1 saturated heterocycles. The van der Waals surface area contributed by atoms with Gasteiger partial charge >= 0.3 is 6.03 Å². The molecule has 33 heavy (non-hydrogen) atoms. The van der Waals surface area contributed by atoms with Crippen molar-refractivity contribution in [3.05, 3.63) is 88.1 Å². The number of hydrogen-bond donors (Lipinski definition) is 1. The van der Waals surface area contributed by atoms with E-state index in [-0.39, 0.29) is 18.8 Å². The molecule has 8 heteroatoms. The number of halogens is 2. The first kappa shape index (κ1) is 24.4. The molecule has 0 bridgehead atoms. The molecule has 3 rings (SSSR count). The fourth-order valence-corrected chi connectivity index (χ4v) is 3.64. The second-order valence-electron chi connectivity index (χ2n) is 7.16. The Labute approximate surface area is 203 Å². The number of benzene rings is 2. The van der Waals surface area contributed by atoms with Crippen LogP contribution in [0.2, 0.25) is 10.0 Å². The standard InChI is InChI=1S/C25H24Cl2N2O4/c1-4-7-18-11-17(13-21-24(30)29(10-5-2)25(31)28-21)14-22(32-6-3)23(18)33-15-16-8-9-19(26)20(27)12-16/h4-5,8-9,11-14H,1-2,6-7,10,15H2,3H3,(H,28,31)/b21-13+. The summed E-state index contributed by atoms with van der Waals surface area (Å²) in [6.07, 6.45) is 5.37. The Balaban J connectivity index is 1.95. The lowest BCUT2D eigenvalue weighted by molar-refractivity contribution is -0.122. The van der Waals surface area contributed by atoms with E-state index < -0.39 is 11.9 Å². The van der Waals surface area contributed by atoms with Gasteiger partial charge in [0.25, 0.3) is 5.91 Å². The highest BCUT2D eigenvalue weighted by Crippen LogP contribution is 2.36. The van der Waals surface area contributed by atoms with Crippen molar-refractivity contribution in [2.24, 2.45) is 0 Å². The summed E-state index contributed by atoms with van der Waals surface area (Å²) < 4.78 is 12.0. The van der Waals surface area contributed by atoms with E-state index in [4.69, 9.17) is 32.7 Å². The Hall–Kier alpha value is -3.22. The number of nitrogens with zero attached hydrogens (tertiary/aromatic N) is 1. The van der Waals surface area contributed by atoms with E-state index in [1.807, 2.05) is 19.1 Å². The predicted octanol–water partition coefficient (Wildman–Crippen LogP) is 5.78. The average molecular weight is 487 g/mol. The van der Waals surface area contributed by atoms with Crippen molar-refractivity contribution in [2.45, 2.75) is 20.0 Å². The summed E-state index contributed by atoms with van der Waals surface area (Å²) in [6, 6.07) is 8.46. The normalized spacial score (nSPS) is 14.4. The van der Waals surface area contributed by atoms with Gasteiger partial charge in [0.15, 0.2) is 11.5 Å². The molecule has 2 aromatic rings. The number of carbonyl (C=O) groups is 2. The minimum Gasteiger partial charge on any atom is -0.490 e. The van der Waals surface area contributed by atoms with Crippen molar-refractivity contribution in [1.82, 2.24) is 10.2 Å². The first-order chi connectivity index (χ1) is 15.9. The van der Waals surface area contributed by atoms with Crippen LogP contribution in [0.1, 0.15) is 23.6 Å². The summed E-state index contributed by atoms with van der Waals surface area (Å²) in [5.74, 6) is 0.673. The number of carbonyl (C=O) groups excluding carboxylic acids is 2. The van der Waals surface area contributed by atoms with Crippen LogP contribution >= 0.6 is 23.2 Å². The van der Waals surface area contributed by atoms with Crippen LogP contribution in [-0.4, -0.2) is 30.0 Å². The van der Waals surface area contributed by atoms with Crippen LogP contribution in [0.5, 0.6) is 11.5 Å². The van der Waals surface area contributed by atoms with Gasteiger partial charge in [0, 0.05) is 12.1 Å². The van der Waals surface area contributed by atoms with Crippen molar-refractivity contribution >= 4 is 41.2 Å². The summed E-state index contributed by atoms with van der Waals surface area (Å²) in [5.41, 5.74) is 2.53. The van der Waals surface area contributed by atoms with Gasteiger partial charge in [0.1, 0.15) is 12.3 Å². The van der Waals surface area contributed by atoms with Crippen LogP contribution < -0.4 is 14.8 Å². The monoisotopic (exact) mass is 486 g/mol. The maximum absolute atomic E-state index is 12.5. The fourth-order valence-electron chi connectivity index (χ4n) is 3.32. The lowest BCUT2D eigenvalue weighted by Gasteiger charge is -2.17. The van der Waals surface area contributed by atoms with Crippen LogP contribution in [0.3, 0.4) is 0 Å². The molecular weight excluding hydrogens is 463 g/mol. The zero-order chi connectivity index (χ0) is 24.0. The molecule has 0 radical (unpaired) electrons. The highest BCUT2D eigenvalue weighted by Gasteiger charge is 2.32. The van der Waals surface area contributed by atoms with E-state index >= 15 is 0 Å². The largest absolute Gasteiger partial charge is 0.490 e. The number of nitrogens with one attached hydrogen (secondary N) is 1. The minimum absolute atomic E-state index is 0.134. The Morgan fingerprint density at radius 1 is 1.06 bits per heavy atom. The molecule has 1 aliphatic heterocycles. The van der Waals surface area contributed by atoms with Crippen LogP contribution in [0, 0.1) is 0 Å². The predicted molar refractivity (Wildman–Crippen MR) is 131 cm³/mol. The third-order valence-electron chi connectivity index (χ3n) is 4.77. The van der Waals surface area contributed by atoms with Gasteiger partial charge in [-0.15, -0.1) is 13.2 Å². The van der Waals surface area contributed by atoms with E-state index in [2.05, 4.69) is 18.5 Å². The maximum atomic E-state index is 12.5. The molecule has 6 nitrogen and oxygen atoms in total. The molecule has 1 fully saturated rings. The quantitative estimate of drug-likeness (QED) is 0.262. The molecule has 0 aromatic heterocycles. The third kappa shape index (κ3) is 5.78. The Morgan fingerprint density at radius 3 is 2.52 bits per heavy atom. The van der Waals surface area contributed by atoms with Gasteiger partial charge < -0.3 is 14.8 Å². The summed E-state index contributed by atoms with van der Waals surface area (Å²) in [6.45, 7) is 10.1. The molecule has 2 aromatic carbocycles. The lowest BCUT2D eigenvalue weighted by atomic mass is 10.0. The SMILES string of the molecule is C=CCc1cc(/C=C2/NC(=O)N(CC=C)C2=O)cc(OCC)c1OCc1ccc(Cl)c(Cl)c1. The molecule has 3 amide bonds. The number of allylic oxidation sites excluding steroid dienone is 1. The summed E-state index contributed by atoms with van der Waals surface area (Å²) >= 11 is 12.1. The van der Waals surface area contributed by atoms with E-state index in [1.54, 1.807) is 30.4 Å². The molecule has 0 aliphatic carbocycles. The first-order valence-corrected chi connectivity index (χ1v) is 11.1. The van der Waals surface area contributed by atoms with Crippen LogP contribution in [0.4, 0.5) is 4.79 Å². The average Bonchev–Trinajstić information content (AvgIpc) is 3.03. The van der Waals surface area contributed by atoms with E-state index in [1.165, 1.54) is 6.08 Å². The molecule has 0 spiro atoms. The second kappa shape index (κ2) is 11.1. The summed E-state index contributed by atoms with van der Waals surface area (Å²) in [7, 11) is 0. The van der Waals surface area contributed by atoms with E-state index in [9.17, 15) is 9.59 Å². The summed E-state index contributed by atoms with van der Waals surface area (Å²) in [4.78, 5) is 25.7. The number of ether oxygens (including phenoxy) is 2. The van der Waals surface area contributed by atoms with Crippen LogP contribution in [0.25, 0.3) is 6.08 Å². The molecule has 0 saturated carbocycles. The molecule has 0 unspecified atom stereocenters. The number of hydrogen-bond acceptors (Lipinski definition) is 4. The van der Waals surface area contributed by atoms with Gasteiger partial charge in [0.05, 0.1) is 16.7 Å². The number of amides is 3. The van der Waals surface area contributed by atoms with Crippen molar-refractivity contribution < 1.29 is 19.1 Å². The van der Waals surface area contributed by atoms with Gasteiger partial charge in [-0.3, -0.25) is 9.69 Å². The number of rotatable bonds is 10. The zero-order valence-corrected chi connectivity index (χ0v) is 19.7. The first-order valence-electron chi connectivity index (χ1n) is 10.3. The van der Waals surface area contributed by atoms with Crippen molar-refractivity contribution in [3.63, 3.8) is 0 Å². The van der Waals surface area contributed by atoms with Crippen molar-refractivity contribution in [2.75, 3.05) is 13.2 Å². The van der Waals surface area contributed by atoms with Gasteiger partial charge in [-0.25, -0.2) is 4.79 Å². The van der Waals surface area contributed by atoms with E-state index in [0.29, 0.717) is 40.1 Å². The van der Waals surface area contributed by atoms with Crippen molar-refractivity contribution in [1.29, 1.82) is 0 Å². The minimum atomic E-state index is -0.482.